The average Bonchev–Trinajstić information content (AvgIpc) is 3.51. The fourth-order valence-corrected chi connectivity index (χ4v) is 4.78. The number of alkyl halides is 2. The van der Waals surface area contributed by atoms with Crippen LogP contribution in [0.5, 0.6) is 0 Å². The van der Waals surface area contributed by atoms with Crippen LogP contribution in [0.25, 0.3) is 22.3 Å². The average molecular weight is 582 g/mol. The molecule has 5 rings (SSSR count). The van der Waals surface area contributed by atoms with Crippen LogP contribution in [0, 0.1) is 17.6 Å². The Labute approximate surface area is 225 Å². The summed E-state index contributed by atoms with van der Waals surface area (Å²) in [5.74, 6) is -5.44. The number of esters is 1. The first-order valence-electron chi connectivity index (χ1n) is 11.8. The lowest BCUT2D eigenvalue weighted by Gasteiger charge is -2.34. The third-order valence-corrected chi connectivity index (χ3v) is 6.58. The summed E-state index contributed by atoms with van der Waals surface area (Å²) < 4.78 is 75.8. The maximum absolute atomic E-state index is 15.2. The number of hydrogen-bond acceptors (Lipinski definition) is 9. The van der Waals surface area contributed by atoms with Crippen molar-refractivity contribution in [3.8, 4) is 11.3 Å². The Morgan fingerprint density at radius 1 is 1.17 bits per heavy atom. The van der Waals surface area contributed by atoms with E-state index >= 15 is 8.78 Å². The molecule has 216 valence electrons. The van der Waals surface area contributed by atoms with Crippen molar-refractivity contribution in [2.24, 2.45) is 0 Å². The van der Waals surface area contributed by atoms with Gasteiger partial charge in [0.1, 0.15) is 28.6 Å². The van der Waals surface area contributed by atoms with Crippen molar-refractivity contribution in [2.75, 3.05) is 13.7 Å². The van der Waals surface area contributed by atoms with Crippen LogP contribution in [-0.2, 0) is 28.5 Å². The summed E-state index contributed by atoms with van der Waals surface area (Å²) in [7, 11) is 1.05. The van der Waals surface area contributed by atoms with E-state index in [1.165, 1.54) is 0 Å². The Hall–Kier alpha value is -4.48. The summed E-state index contributed by atoms with van der Waals surface area (Å²) in [6.45, 7) is -3.14. The minimum absolute atomic E-state index is 0.0141. The van der Waals surface area contributed by atoms with Crippen LogP contribution >= 0.6 is 0 Å². The SMILES string of the molecule is COC(=O)C(Cc1cnn(C(F)F)c1)N1CCc2c(-c3nc4c(F)nn(C(O)(O)O)c4cc3F)ccc(F)c2C1=O. The van der Waals surface area contributed by atoms with E-state index in [-0.39, 0.29) is 40.8 Å². The van der Waals surface area contributed by atoms with Gasteiger partial charge in [0.15, 0.2) is 5.82 Å². The normalized spacial score (nSPS) is 14.6. The van der Waals surface area contributed by atoms with Crippen LogP contribution in [0.3, 0.4) is 0 Å². The van der Waals surface area contributed by atoms with Crippen molar-refractivity contribution >= 4 is 22.9 Å². The largest absolute Gasteiger partial charge is 0.467 e. The number of carbonyl (C=O) groups excluding carboxylic acids is 2. The molecule has 17 heteroatoms. The highest BCUT2D eigenvalue weighted by Crippen LogP contribution is 2.35. The number of halogens is 5. The number of fused-ring (bicyclic) bond motifs is 2. The standard InChI is InChI=1S/C24H19F5N6O6/c1-41-22(37)16(6-10-8-30-34(9-10)23(28)29)33-5-4-11-12(2-3-13(25)17(11)21(33)36)18-14(26)7-15-19(31-18)20(27)32-35(15)24(38,39)40/h2-3,7-9,16,23,38-40H,4-6H2,1H3. The number of nitrogens with zero attached hydrogens (tertiary/aromatic N) is 6. The van der Waals surface area contributed by atoms with Crippen LogP contribution in [0.2, 0.25) is 0 Å². The number of amides is 1. The Bertz CT molecular complexity index is 1680. The summed E-state index contributed by atoms with van der Waals surface area (Å²) in [5, 5.41) is 34.7. The number of aromatic nitrogens is 5. The lowest BCUT2D eigenvalue weighted by Crippen LogP contribution is -2.50. The van der Waals surface area contributed by atoms with Crippen LogP contribution < -0.4 is 0 Å². The molecule has 0 saturated carbocycles. The van der Waals surface area contributed by atoms with E-state index in [0.717, 1.165) is 36.5 Å². The molecule has 3 aromatic heterocycles. The van der Waals surface area contributed by atoms with E-state index in [2.05, 4.69) is 15.2 Å². The van der Waals surface area contributed by atoms with E-state index in [1.54, 1.807) is 0 Å². The molecule has 1 aliphatic rings. The van der Waals surface area contributed by atoms with Gasteiger partial charge in [-0.15, -0.1) is 5.10 Å². The number of pyridine rings is 1. The Balaban J connectivity index is 1.56. The molecule has 0 saturated heterocycles. The van der Waals surface area contributed by atoms with Crippen LogP contribution in [0.15, 0.2) is 30.6 Å². The van der Waals surface area contributed by atoms with Crippen LogP contribution in [-0.4, -0.2) is 76.3 Å². The lowest BCUT2D eigenvalue weighted by atomic mass is 9.90. The maximum atomic E-state index is 15.2. The van der Waals surface area contributed by atoms with Gasteiger partial charge in [-0.25, -0.2) is 23.2 Å². The molecule has 0 radical (unpaired) electrons. The van der Waals surface area contributed by atoms with Gasteiger partial charge < -0.3 is 25.0 Å². The van der Waals surface area contributed by atoms with Gasteiger partial charge in [-0.05, 0) is 29.7 Å². The van der Waals surface area contributed by atoms with E-state index in [9.17, 15) is 38.1 Å². The molecule has 1 unspecified atom stereocenters. The highest BCUT2D eigenvalue weighted by molar-refractivity contribution is 6.01. The number of ether oxygens (including phenoxy) is 1. The zero-order chi connectivity index (χ0) is 29.8. The zero-order valence-corrected chi connectivity index (χ0v) is 20.8. The molecule has 1 amide bonds. The van der Waals surface area contributed by atoms with Gasteiger partial charge >= 0.3 is 18.6 Å². The van der Waals surface area contributed by atoms with Crippen molar-refractivity contribution in [3.63, 3.8) is 0 Å². The minimum Gasteiger partial charge on any atom is -0.467 e. The third kappa shape index (κ3) is 4.87. The van der Waals surface area contributed by atoms with Gasteiger partial charge in [0.2, 0.25) is 0 Å². The molecule has 3 N–H and O–H groups in total. The molecule has 4 aromatic rings. The second-order valence-corrected chi connectivity index (χ2v) is 9.04. The first kappa shape index (κ1) is 28.1. The fraction of sp³-hybridized carbons (Fsp3) is 0.292. The summed E-state index contributed by atoms with van der Waals surface area (Å²) >= 11 is 0. The van der Waals surface area contributed by atoms with E-state index in [4.69, 9.17) is 4.74 Å². The molecule has 1 aliphatic heterocycles. The predicted octanol–water partition coefficient (Wildman–Crippen LogP) is 1.43. The van der Waals surface area contributed by atoms with Crippen LogP contribution in [0.1, 0.15) is 28.0 Å². The molecule has 12 nitrogen and oxygen atoms in total. The molecule has 41 heavy (non-hydrogen) atoms. The Morgan fingerprint density at radius 3 is 2.54 bits per heavy atom. The highest BCUT2D eigenvalue weighted by atomic mass is 19.3. The summed E-state index contributed by atoms with van der Waals surface area (Å²) in [5.41, 5.74) is -2.28. The van der Waals surface area contributed by atoms with Gasteiger partial charge in [-0.2, -0.15) is 23.0 Å². The maximum Gasteiger partial charge on any atom is 0.389 e. The molecule has 1 atom stereocenters. The van der Waals surface area contributed by atoms with Gasteiger partial charge in [0.05, 0.1) is 18.9 Å². The Kier molecular flexibility index (Phi) is 6.96. The van der Waals surface area contributed by atoms with Crippen molar-refractivity contribution in [1.82, 2.24) is 29.4 Å². The number of methoxy groups -OCH3 is 1. The number of carbonyl (C=O) groups is 2. The summed E-state index contributed by atoms with van der Waals surface area (Å²) in [6.07, 6.45) is -2.01. The summed E-state index contributed by atoms with van der Waals surface area (Å²) in [4.78, 5) is 31.0. The van der Waals surface area contributed by atoms with Crippen molar-refractivity contribution in [2.45, 2.75) is 31.5 Å². The lowest BCUT2D eigenvalue weighted by molar-refractivity contribution is -0.379. The molecule has 0 aliphatic carbocycles. The van der Waals surface area contributed by atoms with E-state index < -0.39 is 70.4 Å². The minimum atomic E-state index is -3.67. The Morgan fingerprint density at radius 2 is 1.90 bits per heavy atom. The quantitative estimate of drug-likeness (QED) is 0.167. The van der Waals surface area contributed by atoms with Crippen molar-refractivity contribution in [1.29, 1.82) is 0 Å². The van der Waals surface area contributed by atoms with Crippen molar-refractivity contribution in [3.05, 3.63) is 64.9 Å². The second kappa shape index (κ2) is 10.2. The molecule has 0 spiro atoms. The second-order valence-electron chi connectivity index (χ2n) is 9.04. The third-order valence-electron chi connectivity index (χ3n) is 6.58. The zero-order valence-electron chi connectivity index (χ0n) is 20.8. The summed E-state index contributed by atoms with van der Waals surface area (Å²) in [6, 6.07) is 1.23. The predicted molar refractivity (Wildman–Crippen MR) is 125 cm³/mol. The molecular formula is C24H19F5N6O6. The smallest absolute Gasteiger partial charge is 0.389 e. The van der Waals surface area contributed by atoms with E-state index in [1.807, 2.05) is 0 Å². The molecule has 1 aromatic carbocycles. The van der Waals surface area contributed by atoms with Crippen molar-refractivity contribution < 1.29 is 51.6 Å². The monoisotopic (exact) mass is 582 g/mol. The number of rotatable bonds is 7. The first-order valence-corrected chi connectivity index (χ1v) is 11.8. The molecule has 0 fully saturated rings. The molecular weight excluding hydrogens is 563 g/mol. The van der Waals surface area contributed by atoms with E-state index in [0.29, 0.717) is 10.7 Å². The van der Waals surface area contributed by atoms with Gasteiger partial charge in [-0.3, -0.25) is 4.79 Å². The number of benzene rings is 1. The number of aliphatic hydroxyl groups is 3. The molecule has 0 bridgehead atoms. The first-order chi connectivity index (χ1) is 19.3. The fourth-order valence-electron chi connectivity index (χ4n) is 4.78. The van der Waals surface area contributed by atoms with Gasteiger partial charge in [0, 0.05) is 30.8 Å². The molecule has 4 heterocycles. The van der Waals surface area contributed by atoms with Gasteiger partial charge in [-0.1, -0.05) is 0 Å². The highest BCUT2D eigenvalue weighted by Gasteiger charge is 2.38. The van der Waals surface area contributed by atoms with Gasteiger partial charge in [0.25, 0.3) is 11.9 Å². The van der Waals surface area contributed by atoms with Crippen LogP contribution in [0.4, 0.5) is 22.0 Å². The number of hydrogen-bond donors (Lipinski definition) is 3. The topological polar surface area (TPSA) is 156 Å².